The molecule has 0 fully saturated rings. The number of thiophene rings is 1. The van der Waals surface area contributed by atoms with Crippen LogP contribution >= 0.6 is 11.3 Å². The Kier molecular flexibility index (Phi) is 4.55. The average Bonchev–Trinajstić information content (AvgIpc) is 3.05. The Morgan fingerprint density at radius 2 is 2.22 bits per heavy atom. The second-order valence-electron chi connectivity index (χ2n) is 4.66. The van der Waals surface area contributed by atoms with E-state index >= 15 is 0 Å². The molecule has 0 aliphatic carbocycles. The standard InChI is InChI=1S/C14H21N3S/c1-4-11(2)17-8-7-13(16-17)10-15-12(3)14-6-5-9-18-14/h5-9,11-12,15H,4,10H2,1-3H3. The first-order valence-electron chi connectivity index (χ1n) is 6.51. The van der Waals surface area contributed by atoms with Crippen LogP contribution in [0.4, 0.5) is 0 Å². The zero-order valence-electron chi connectivity index (χ0n) is 11.3. The van der Waals surface area contributed by atoms with E-state index in [4.69, 9.17) is 0 Å². The van der Waals surface area contributed by atoms with Crippen LogP contribution in [0.3, 0.4) is 0 Å². The van der Waals surface area contributed by atoms with Crippen molar-refractivity contribution in [3.8, 4) is 0 Å². The molecule has 0 saturated carbocycles. The predicted molar refractivity (Wildman–Crippen MR) is 76.8 cm³/mol. The summed E-state index contributed by atoms with van der Waals surface area (Å²) in [6.45, 7) is 7.39. The second kappa shape index (κ2) is 6.16. The fraction of sp³-hybridized carbons (Fsp3) is 0.500. The third kappa shape index (κ3) is 3.21. The number of nitrogens with zero attached hydrogens (tertiary/aromatic N) is 2. The molecule has 3 nitrogen and oxygen atoms in total. The quantitative estimate of drug-likeness (QED) is 0.860. The van der Waals surface area contributed by atoms with Crippen molar-refractivity contribution in [3.05, 3.63) is 40.3 Å². The van der Waals surface area contributed by atoms with Gasteiger partial charge in [0.25, 0.3) is 0 Å². The van der Waals surface area contributed by atoms with Gasteiger partial charge in [-0.1, -0.05) is 13.0 Å². The maximum Gasteiger partial charge on any atom is 0.0762 e. The molecule has 2 heterocycles. The van der Waals surface area contributed by atoms with Crippen LogP contribution in [0, 0.1) is 0 Å². The van der Waals surface area contributed by atoms with Crippen molar-refractivity contribution in [2.75, 3.05) is 0 Å². The maximum atomic E-state index is 4.59. The molecule has 0 saturated heterocycles. The summed E-state index contributed by atoms with van der Waals surface area (Å²) in [6.07, 6.45) is 3.18. The van der Waals surface area contributed by atoms with Crippen LogP contribution in [0.2, 0.25) is 0 Å². The topological polar surface area (TPSA) is 29.9 Å². The minimum atomic E-state index is 0.388. The molecule has 1 N–H and O–H groups in total. The molecule has 0 aliphatic heterocycles. The molecule has 0 amide bonds. The molecule has 0 spiro atoms. The van der Waals surface area contributed by atoms with Crippen LogP contribution in [0.15, 0.2) is 29.8 Å². The van der Waals surface area contributed by atoms with Gasteiger partial charge in [0.05, 0.1) is 5.69 Å². The smallest absolute Gasteiger partial charge is 0.0762 e. The Bertz CT molecular complexity index is 461. The molecule has 2 aromatic rings. The van der Waals surface area contributed by atoms with Crippen LogP contribution in [-0.2, 0) is 6.54 Å². The number of rotatable bonds is 6. The number of nitrogens with one attached hydrogen (secondary N) is 1. The molecule has 0 aliphatic rings. The summed E-state index contributed by atoms with van der Waals surface area (Å²) in [5.74, 6) is 0. The molecular weight excluding hydrogens is 242 g/mol. The minimum Gasteiger partial charge on any atom is -0.304 e. The monoisotopic (exact) mass is 263 g/mol. The third-order valence-electron chi connectivity index (χ3n) is 3.27. The lowest BCUT2D eigenvalue weighted by Gasteiger charge is -2.11. The van der Waals surface area contributed by atoms with Gasteiger partial charge in [-0.3, -0.25) is 4.68 Å². The average molecular weight is 263 g/mol. The van der Waals surface area contributed by atoms with E-state index in [1.807, 2.05) is 4.68 Å². The van der Waals surface area contributed by atoms with Crippen LogP contribution in [-0.4, -0.2) is 9.78 Å². The van der Waals surface area contributed by atoms with Crippen LogP contribution < -0.4 is 5.32 Å². The minimum absolute atomic E-state index is 0.388. The molecule has 2 atom stereocenters. The summed E-state index contributed by atoms with van der Waals surface area (Å²) in [5.41, 5.74) is 1.11. The van der Waals surface area contributed by atoms with E-state index in [0.717, 1.165) is 18.7 Å². The Morgan fingerprint density at radius 1 is 1.39 bits per heavy atom. The summed E-state index contributed by atoms with van der Waals surface area (Å²) < 4.78 is 2.05. The fourth-order valence-corrected chi connectivity index (χ4v) is 2.56. The molecule has 2 aromatic heterocycles. The van der Waals surface area contributed by atoms with Gasteiger partial charge < -0.3 is 5.32 Å². The fourth-order valence-electron chi connectivity index (χ4n) is 1.80. The molecular formula is C14H21N3S. The van der Waals surface area contributed by atoms with Gasteiger partial charge in [0.2, 0.25) is 0 Å². The van der Waals surface area contributed by atoms with Gasteiger partial charge in [-0.15, -0.1) is 11.3 Å². The van der Waals surface area contributed by atoms with Crippen molar-refractivity contribution in [1.82, 2.24) is 15.1 Å². The largest absolute Gasteiger partial charge is 0.304 e. The lowest BCUT2D eigenvalue weighted by atomic mass is 10.2. The van der Waals surface area contributed by atoms with E-state index in [1.165, 1.54) is 4.88 Å². The zero-order chi connectivity index (χ0) is 13.0. The summed E-state index contributed by atoms with van der Waals surface area (Å²) in [4.78, 5) is 1.37. The van der Waals surface area contributed by atoms with E-state index in [0.29, 0.717) is 12.1 Å². The SMILES string of the molecule is CCC(C)n1ccc(CNC(C)c2cccs2)n1. The van der Waals surface area contributed by atoms with Crippen molar-refractivity contribution in [3.63, 3.8) is 0 Å². The number of hydrogen-bond acceptors (Lipinski definition) is 3. The molecule has 18 heavy (non-hydrogen) atoms. The molecule has 4 heteroatoms. The molecule has 0 radical (unpaired) electrons. The Labute approximate surface area is 113 Å². The highest BCUT2D eigenvalue weighted by molar-refractivity contribution is 7.10. The van der Waals surface area contributed by atoms with E-state index in [-0.39, 0.29) is 0 Å². The van der Waals surface area contributed by atoms with E-state index in [9.17, 15) is 0 Å². The summed E-state index contributed by atoms with van der Waals surface area (Å²) >= 11 is 1.79. The first kappa shape index (κ1) is 13.3. The van der Waals surface area contributed by atoms with Crippen LogP contribution in [0.25, 0.3) is 0 Å². The zero-order valence-corrected chi connectivity index (χ0v) is 12.1. The summed E-state index contributed by atoms with van der Waals surface area (Å²) in [5, 5.41) is 10.2. The van der Waals surface area contributed by atoms with Crippen molar-refractivity contribution in [1.29, 1.82) is 0 Å². The molecule has 0 bridgehead atoms. The highest BCUT2D eigenvalue weighted by Gasteiger charge is 2.08. The number of aromatic nitrogens is 2. The number of hydrogen-bond donors (Lipinski definition) is 1. The molecule has 2 unspecified atom stereocenters. The van der Waals surface area contributed by atoms with E-state index < -0.39 is 0 Å². The van der Waals surface area contributed by atoms with Crippen molar-refractivity contribution >= 4 is 11.3 Å². The summed E-state index contributed by atoms with van der Waals surface area (Å²) in [7, 11) is 0. The van der Waals surface area contributed by atoms with E-state index in [2.05, 4.69) is 61.0 Å². The lowest BCUT2D eigenvalue weighted by molar-refractivity contribution is 0.468. The van der Waals surface area contributed by atoms with E-state index in [1.54, 1.807) is 11.3 Å². The first-order chi connectivity index (χ1) is 8.70. The third-order valence-corrected chi connectivity index (χ3v) is 4.32. The Balaban J connectivity index is 1.88. The lowest BCUT2D eigenvalue weighted by Crippen LogP contribution is -2.17. The first-order valence-corrected chi connectivity index (χ1v) is 7.39. The summed E-state index contributed by atoms with van der Waals surface area (Å²) in [6, 6.07) is 7.23. The van der Waals surface area contributed by atoms with Gasteiger partial charge in [-0.05, 0) is 37.8 Å². The Hall–Kier alpha value is -1.13. The predicted octanol–water partition coefficient (Wildman–Crippen LogP) is 3.77. The van der Waals surface area contributed by atoms with Gasteiger partial charge in [-0.25, -0.2) is 0 Å². The highest BCUT2D eigenvalue weighted by atomic mass is 32.1. The van der Waals surface area contributed by atoms with Gasteiger partial charge in [0, 0.05) is 29.7 Å². The molecule has 2 rings (SSSR count). The van der Waals surface area contributed by atoms with Crippen molar-refractivity contribution < 1.29 is 0 Å². The van der Waals surface area contributed by atoms with Crippen LogP contribution in [0.5, 0.6) is 0 Å². The van der Waals surface area contributed by atoms with Gasteiger partial charge >= 0.3 is 0 Å². The van der Waals surface area contributed by atoms with Crippen molar-refractivity contribution in [2.24, 2.45) is 0 Å². The molecule has 0 aromatic carbocycles. The van der Waals surface area contributed by atoms with Gasteiger partial charge in [-0.2, -0.15) is 5.10 Å². The van der Waals surface area contributed by atoms with Crippen molar-refractivity contribution in [2.45, 2.75) is 45.8 Å². The van der Waals surface area contributed by atoms with Gasteiger partial charge in [0.1, 0.15) is 0 Å². The normalized spacial score (nSPS) is 14.6. The van der Waals surface area contributed by atoms with Crippen LogP contribution in [0.1, 0.15) is 49.8 Å². The highest BCUT2D eigenvalue weighted by Crippen LogP contribution is 2.18. The maximum absolute atomic E-state index is 4.59. The molecule has 98 valence electrons. The van der Waals surface area contributed by atoms with Gasteiger partial charge in [0.15, 0.2) is 0 Å². The Morgan fingerprint density at radius 3 is 2.89 bits per heavy atom. The second-order valence-corrected chi connectivity index (χ2v) is 5.64.